The molecule has 0 aliphatic heterocycles. The van der Waals surface area contributed by atoms with Crippen LogP contribution in [0, 0.1) is 11.3 Å². The predicted molar refractivity (Wildman–Crippen MR) is 60.0 cm³/mol. The highest BCUT2D eigenvalue weighted by molar-refractivity contribution is 7.89. The summed E-state index contributed by atoms with van der Waals surface area (Å²) >= 11 is 0. The van der Waals surface area contributed by atoms with E-state index in [1.807, 2.05) is 6.07 Å². The lowest BCUT2D eigenvalue weighted by molar-refractivity contribution is 0.598. The van der Waals surface area contributed by atoms with Gasteiger partial charge in [-0.15, -0.1) is 0 Å². The SMILES string of the molecule is N#Cc1cccc2cc(S(N)(=O)=O)ccc12. The molecule has 0 saturated carbocycles. The molecular formula is C11H8N2O2S. The first kappa shape index (κ1) is 10.6. The van der Waals surface area contributed by atoms with Crippen LogP contribution in [0.15, 0.2) is 41.3 Å². The molecule has 0 fully saturated rings. The third-order valence-electron chi connectivity index (χ3n) is 2.30. The summed E-state index contributed by atoms with van der Waals surface area (Å²) in [5, 5.41) is 15.3. The van der Waals surface area contributed by atoms with Crippen molar-refractivity contribution in [2.75, 3.05) is 0 Å². The van der Waals surface area contributed by atoms with Gasteiger partial charge >= 0.3 is 0 Å². The van der Waals surface area contributed by atoms with E-state index in [2.05, 4.69) is 0 Å². The Hall–Kier alpha value is -1.90. The van der Waals surface area contributed by atoms with Gasteiger partial charge in [0.25, 0.3) is 0 Å². The Morgan fingerprint density at radius 1 is 1.19 bits per heavy atom. The van der Waals surface area contributed by atoms with Gasteiger partial charge in [0.15, 0.2) is 0 Å². The molecular weight excluding hydrogens is 224 g/mol. The Bertz CT molecular complexity index is 699. The number of fused-ring (bicyclic) bond motifs is 1. The van der Waals surface area contributed by atoms with Crippen molar-refractivity contribution in [2.24, 2.45) is 5.14 Å². The first-order valence-corrected chi connectivity index (χ1v) is 6.03. The topological polar surface area (TPSA) is 83.9 Å². The summed E-state index contributed by atoms with van der Waals surface area (Å²) in [5.74, 6) is 0. The van der Waals surface area contributed by atoms with Crippen molar-refractivity contribution in [1.29, 1.82) is 5.26 Å². The minimum atomic E-state index is -3.70. The molecule has 0 spiro atoms. The van der Waals surface area contributed by atoms with E-state index in [-0.39, 0.29) is 4.90 Å². The van der Waals surface area contributed by atoms with E-state index >= 15 is 0 Å². The van der Waals surface area contributed by atoms with Gasteiger partial charge in [-0.3, -0.25) is 0 Å². The van der Waals surface area contributed by atoms with E-state index < -0.39 is 10.0 Å². The van der Waals surface area contributed by atoms with Crippen LogP contribution in [0.5, 0.6) is 0 Å². The number of hydrogen-bond donors (Lipinski definition) is 1. The molecule has 0 aromatic heterocycles. The second-order valence-corrected chi connectivity index (χ2v) is 4.91. The van der Waals surface area contributed by atoms with Gasteiger partial charge in [-0.1, -0.05) is 18.2 Å². The van der Waals surface area contributed by atoms with Gasteiger partial charge in [-0.2, -0.15) is 5.26 Å². The molecule has 0 atom stereocenters. The van der Waals surface area contributed by atoms with Gasteiger partial charge in [0.05, 0.1) is 16.5 Å². The zero-order chi connectivity index (χ0) is 11.8. The Balaban J connectivity index is 2.80. The number of sulfonamides is 1. The summed E-state index contributed by atoms with van der Waals surface area (Å²) in [6.07, 6.45) is 0. The van der Waals surface area contributed by atoms with Crippen molar-refractivity contribution in [3.63, 3.8) is 0 Å². The molecule has 16 heavy (non-hydrogen) atoms. The van der Waals surface area contributed by atoms with Gasteiger partial charge in [0.2, 0.25) is 10.0 Å². The fourth-order valence-electron chi connectivity index (χ4n) is 1.54. The van der Waals surface area contributed by atoms with Gasteiger partial charge < -0.3 is 0 Å². The van der Waals surface area contributed by atoms with Crippen molar-refractivity contribution in [3.05, 3.63) is 42.0 Å². The Kier molecular flexibility index (Phi) is 2.38. The smallest absolute Gasteiger partial charge is 0.225 e. The number of rotatable bonds is 1. The molecule has 0 aliphatic rings. The first-order valence-electron chi connectivity index (χ1n) is 4.48. The molecule has 4 nitrogen and oxygen atoms in total. The normalized spacial score (nSPS) is 11.2. The van der Waals surface area contributed by atoms with E-state index in [9.17, 15) is 8.42 Å². The zero-order valence-corrected chi connectivity index (χ0v) is 9.03. The summed E-state index contributed by atoms with van der Waals surface area (Å²) in [4.78, 5) is 0.0510. The zero-order valence-electron chi connectivity index (χ0n) is 8.21. The van der Waals surface area contributed by atoms with E-state index in [1.54, 1.807) is 24.3 Å². The van der Waals surface area contributed by atoms with Crippen LogP contribution in [-0.4, -0.2) is 8.42 Å². The third-order valence-corrected chi connectivity index (χ3v) is 3.21. The van der Waals surface area contributed by atoms with Gasteiger partial charge in [0, 0.05) is 0 Å². The van der Waals surface area contributed by atoms with Crippen LogP contribution >= 0.6 is 0 Å². The van der Waals surface area contributed by atoms with Crippen LogP contribution in [0.1, 0.15) is 5.56 Å². The quantitative estimate of drug-likeness (QED) is 0.805. The van der Waals surface area contributed by atoms with Crippen LogP contribution in [0.2, 0.25) is 0 Å². The number of primary sulfonamides is 1. The van der Waals surface area contributed by atoms with Crippen LogP contribution in [0.25, 0.3) is 10.8 Å². The second-order valence-electron chi connectivity index (χ2n) is 3.35. The monoisotopic (exact) mass is 232 g/mol. The summed E-state index contributed by atoms with van der Waals surface area (Å²) in [5.41, 5.74) is 0.512. The molecule has 0 unspecified atom stereocenters. The molecule has 0 bridgehead atoms. The molecule has 2 aromatic carbocycles. The van der Waals surface area contributed by atoms with Crippen LogP contribution in [0.4, 0.5) is 0 Å². The largest absolute Gasteiger partial charge is 0.238 e. The lowest BCUT2D eigenvalue weighted by Crippen LogP contribution is -2.11. The lowest BCUT2D eigenvalue weighted by Gasteiger charge is -2.02. The predicted octanol–water partition coefficient (Wildman–Crippen LogP) is 1.36. The second kappa shape index (κ2) is 3.59. The Morgan fingerprint density at radius 2 is 1.94 bits per heavy atom. The number of nitrogens with two attached hydrogens (primary N) is 1. The fraction of sp³-hybridized carbons (Fsp3) is 0. The minimum absolute atomic E-state index is 0.0510. The average molecular weight is 232 g/mol. The number of nitriles is 1. The molecule has 0 saturated heterocycles. The van der Waals surface area contributed by atoms with Crippen LogP contribution in [-0.2, 0) is 10.0 Å². The molecule has 80 valence electrons. The van der Waals surface area contributed by atoms with Crippen molar-refractivity contribution >= 4 is 20.8 Å². The first-order chi connectivity index (χ1) is 7.52. The third kappa shape index (κ3) is 1.76. The molecule has 5 heteroatoms. The lowest BCUT2D eigenvalue weighted by atomic mass is 10.1. The van der Waals surface area contributed by atoms with E-state index in [0.717, 1.165) is 5.39 Å². The van der Waals surface area contributed by atoms with Crippen molar-refractivity contribution in [1.82, 2.24) is 0 Å². The standard InChI is InChI=1S/C11H8N2O2S/c12-7-9-3-1-2-8-6-10(16(13,14)15)4-5-11(8)9/h1-6H,(H2,13,14,15). The molecule has 0 amide bonds. The Morgan fingerprint density at radius 3 is 2.56 bits per heavy atom. The number of nitrogens with zero attached hydrogens (tertiary/aromatic N) is 1. The summed E-state index contributed by atoms with van der Waals surface area (Å²) in [6.45, 7) is 0. The molecule has 2 rings (SSSR count). The van der Waals surface area contributed by atoms with Crippen LogP contribution in [0.3, 0.4) is 0 Å². The highest BCUT2D eigenvalue weighted by Gasteiger charge is 2.09. The minimum Gasteiger partial charge on any atom is -0.225 e. The number of benzene rings is 2. The maximum absolute atomic E-state index is 11.1. The van der Waals surface area contributed by atoms with Crippen molar-refractivity contribution in [2.45, 2.75) is 4.90 Å². The molecule has 0 heterocycles. The summed E-state index contributed by atoms with van der Waals surface area (Å²) in [7, 11) is -3.70. The van der Waals surface area contributed by atoms with E-state index in [1.165, 1.54) is 12.1 Å². The highest BCUT2D eigenvalue weighted by Crippen LogP contribution is 2.21. The molecule has 0 aliphatic carbocycles. The van der Waals surface area contributed by atoms with E-state index in [4.69, 9.17) is 10.4 Å². The van der Waals surface area contributed by atoms with Gasteiger partial charge in [-0.25, -0.2) is 13.6 Å². The van der Waals surface area contributed by atoms with Gasteiger partial charge in [0.1, 0.15) is 0 Å². The number of hydrogen-bond acceptors (Lipinski definition) is 3. The Labute approximate surface area is 93.0 Å². The fourth-order valence-corrected chi connectivity index (χ4v) is 2.09. The van der Waals surface area contributed by atoms with E-state index in [0.29, 0.717) is 10.9 Å². The summed E-state index contributed by atoms with van der Waals surface area (Å²) in [6, 6.07) is 11.6. The van der Waals surface area contributed by atoms with Gasteiger partial charge in [-0.05, 0) is 29.0 Å². The highest BCUT2D eigenvalue weighted by atomic mass is 32.2. The molecule has 2 aromatic rings. The van der Waals surface area contributed by atoms with Crippen LogP contribution < -0.4 is 5.14 Å². The maximum atomic E-state index is 11.1. The maximum Gasteiger partial charge on any atom is 0.238 e. The molecule has 2 N–H and O–H groups in total. The summed E-state index contributed by atoms with van der Waals surface area (Å²) < 4.78 is 22.3. The molecule has 0 radical (unpaired) electrons. The average Bonchev–Trinajstić information content (AvgIpc) is 2.26. The van der Waals surface area contributed by atoms with Crippen molar-refractivity contribution in [3.8, 4) is 6.07 Å². The van der Waals surface area contributed by atoms with Crippen molar-refractivity contribution < 1.29 is 8.42 Å².